The standard InChI is InChI=1S/C23H41N7O8/c1-2-3-25-18(32)12-20(34)28-8-10-30(15-17(31)16-30)11-9-29-21(35)13-19(33)26-6-4-24-5-7-27-22(36)14-23(37)38/h17,24,31H,2-16H2,1H3,(H5-,25,26,27,28,29,32,33,34,35,36,37,38)/p+1. The molecule has 0 aromatic heterocycles. The summed E-state index contributed by atoms with van der Waals surface area (Å²) in [5.41, 5.74) is 0. The summed E-state index contributed by atoms with van der Waals surface area (Å²) in [6, 6.07) is 0. The highest BCUT2D eigenvalue weighted by Crippen LogP contribution is 2.19. The molecule has 1 aliphatic heterocycles. The number of nitrogens with one attached hydrogen (secondary N) is 6. The molecule has 0 saturated carbocycles. The van der Waals surface area contributed by atoms with Crippen molar-refractivity contribution in [1.29, 1.82) is 0 Å². The molecule has 1 aliphatic rings. The molecule has 1 heterocycles. The van der Waals surface area contributed by atoms with Crippen molar-refractivity contribution in [3.8, 4) is 0 Å². The van der Waals surface area contributed by atoms with Crippen molar-refractivity contribution in [2.45, 2.75) is 38.7 Å². The summed E-state index contributed by atoms with van der Waals surface area (Å²) >= 11 is 0. The topological polar surface area (TPSA) is 215 Å². The molecule has 216 valence electrons. The molecule has 1 fully saturated rings. The lowest BCUT2D eigenvalue weighted by Gasteiger charge is -2.48. The summed E-state index contributed by atoms with van der Waals surface area (Å²) in [6.45, 7) is 6.50. The number of quaternary nitrogens is 1. The van der Waals surface area contributed by atoms with E-state index in [1.807, 2.05) is 6.92 Å². The minimum absolute atomic E-state index is 0.233. The Balaban J connectivity index is 2.16. The number of likely N-dealkylation sites (tertiary alicyclic amines) is 1. The molecule has 0 bridgehead atoms. The fraction of sp³-hybridized carbons (Fsp3) is 0.739. The second kappa shape index (κ2) is 18.0. The van der Waals surface area contributed by atoms with Crippen LogP contribution in [-0.2, 0) is 28.8 Å². The molecule has 0 unspecified atom stereocenters. The van der Waals surface area contributed by atoms with Crippen LogP contribution in [-0.4, -0.2) is 128 Å². The minimum atomic E-state index is -1.20. The number of amides is 5. The number of carbonyl (C=O) groups is 6. The lowest BCUT2D eigenvalue weighted by atomic mass is 10.1. The SMILES string of the molecule is CCCNC(=O)CC(=O)NCC[N+]1(CCNC(=O)CC(=O)NCCNCCNC(=O)CC(=O)O)CC(O)C1. The average molecular weight is 545 g/mol. The third-order valence-electron chi connectivity index (χ3n) is 5.79. The summed E-state index contributed by atoms with van der Waals surface area (Å²) in [6.07, 6.45) is -0.800. The van der Waals surface area contributed by atoms with E-state index in [0.717, 1.165) is 6.42 Å². The fourth-order valence-electron chi connectivity index (χ4n) is 3.89. The van der Waals surface area contributed by atoms with E-state index in [1.165, 1.54) is 0 Å². The molecule has 1 saturated heterocycles. The molecule has 0 atom stereocenters. The van der Waals surface area contributed by atoms with Gasteiger partial charge in [-0.25, -0.2) is 0 Å². The van der Waals surface area contributed by atoms with Crippen LogP contribution in [0.3, 0.4) is 0 Å². The molecule has 0 radical (unpaired) electrons. The summed E-state index contributed by atoms with van der Waals surface area (Å²) in [5.74, 6) is -3.33. The molecule has 38 heavy (non-hydrogen) atoms. The average Bonchev–Trinajstić information content (AvgIpc) is 2.80. The Morgan fingerprint density at radius 1 is 0.632 bits per heavy atom. The normalized spacial score (nSPS) is 18.0. The number of aliphatic hydroxyl groups is 1. The highest BCUT2D eigenvalue weighted by molar-refractivity contribution is 5.97. The van der Waals surface area contributed by atoms with Crippen LogP contribution in [0, 0.1) is 0 Å². The predicted octanol–water partition coefficient (Wildman–Crippen LogP) is -3.99. The number of hydrogen-bond acceptors (Lipinski definition) is 8. The van der Waals surface area contributed by atoms with Crippen LogP contribution in [0.1, 0.15) is 32.6 Å². The third-order valence-corrected chi connectivity index (χ3v) is 5.79. The van der Waals surface area contributed by atoms with Crippen LogP contribution in [0.5, 0.6) is 0 Å². The Hall–Kier alpha value is -3.30. The molecule has 1 rings (SSSR count). The van der Waals surface area contributed by atoms with Gasteiger partial charge in [0.15, 0.2) is 6.10 Å². The van der Waals surface area contributed by atoms with Crippen LogP contribution in [0.15, 0.2) is 0 Å². The third kappa shape index (κ3) is 15.1. The maximum absolute atomic E-state index is 12.1. The van der Waals surface area contributed by atoms with Gasteiger partial charge in [-0.2, -0.15) is 0 Å². The van der Waals surface area contributed by atoms with Crippen molar-refractivity contribution in [2.24, 2.45) is 0 Å². The zero-order valence-corrected chi connectivity index (χ0v) is 22.0. The van der Waals surface area contributed by atoms with E-state index in [0.29, 0.717) is 63.4 Å². The van der Waals surface area contributed by atoms with Crippen molar-refractivity contribution in [3.05, 3.63) is 0 Å². The second-order valence-corrected chi connectivity index (χ2v) is 9.23. The van der Waals surface area contributed by atoms with Gasteiger partial charge in [0.25, 0.3) is 0 Å². The van der Waals surface area contributed by atoms with Crippen LogP contribution in [0.25, 0.3) is 0 Å². The Bertz CT molecular complexity index is 818. The number of carboxylic acids is 1. The van der Waals surface area contributed by atoms with Gasteiger partial charge in [-0.3, -0.25) is 28.8 Å². The maximum Gasteiger partial charge on any atom is 0.312 e. The summed E-state index contributed by atoms with van der Waals surface area (Å²) in [7, 11) is 0. The fourth-order valence-corrected chi connectivity index (χ4v) is 3.89. The Morgan fingerprint density at radius 2 is 1.03 bits per heavy atom. The molecule has 0 aromatic carbocycles. The summed E-state index contributed by atoms with van der Waals surface area (Å²) in [5, 5.41) is 34.3. The first-order chi connectivity index (χ1) is 18.0. The van der Waals surface area contributed by atoms with Crippen LogP contribution >= 0.6 is 0 Å². The number of carboxylic acid groups (broad SMARTS) is 1. The monoisotopic (exact) mass is 544 g/mol. The van der Waals surface area contributed by atoms with E-state index in [1.54, 1.807) is 0 Å². The highest BCUT2D eigenvalue weighted by atomic mass is 16.4. The first-order valence-electron chi connectivity index (χ1n) is 12.8. The molecule has 8 N–H and O–H groups in total. The predicted molar refractivity (Wildman–Crippen MR) is 135 cm³/mol. The minimum Gasteiger partial charge on any atom is -0.481 e. The van der Waals surface area contributed by atoms with E-state index in [2.05, 4.69) is 31.9 Å². The second-order valence-electron chi connectivity index (χ2n) is 9.23. The smallest absolute Gasteiger partial charge is 0.312 e. The van der Waals surface area contributed by atoms with Crippen molar-refractivity contribution >= 4 is 35.5 Å². The largest absolute Gasteiger partial charge is 0.481 e. The van der Waals surface area contributed by atoms with E-state index in [9.17, 15) is 33.9 Å². The Morgan fingerprint density at radius 3 is 1.42 bits per heavy atom. The molecule has 0 aliphatic carbocycles. The van der Waals surface area contributed by atoms with Crippen molar-refractivity contribution in [3.63, 3.8) is 0 Å². The van der Waals surface area contributed by atoms with Gasteiger partial charge in [0.05, 0.1) is 26.2 Å². The number of aliphatic carboxylic acids is 1. The molecular weight excluding hydrogens is 502 g/mol. The van der Waals surface area contributed by atoms with Gasteiger partial charge < -0.3 is 46.6 Å². The lowest BCUT2D eigenvalue weighted by Crippen LogP contribution is -2.69. The number of rotatable bonds is 20. The molecule has 15 heteroatoms. The molecular formula is C23H42N7O8+. The van der Waals surface area contributed by atoms with Gasteiger partial charge in [0.1, 0.15) is 32.4 Å². The van der Waals surface area contributed by atoms with Gasteiger partial charge >= 0.3 is 5.97 Å². The van der Waals surface area contributed by atoms with E-state index >= 15 is 0 Å². The molecule has 15 nitrogen and oxygen atoms in total. The summed E-state index contributed by atoms with van der Waals surface area (Å²) < 4.78 is 0.512. The van der Waals surface area contributed by atoms with Crippen LogP contribution in [0.4, 0.5) is 0 Å². The van der Waals surface area contributed by atoms with Crippen LogP contribution in [0.2, 0.25) is 0 Å². The first kappa shape index (κ1) is 32.7. The number of nitrogens with zero attached hydrogens (tertiary/aromatic N) is 1. The Kier molecular flexibility index (Phi) is 15.5. The first-order valence-corrected chi connectivity index (χ1v) is 12.8. The zero-order chi connectivity index (χ0) is 28.4. The number of carbonyl (C=O) groups excluding carboxylic acids is 5. The van der Waals surface area contributed by atoms with Gasteiger partial charge in [0.2, 0.25) is 29.5 Å². The van der Waals surface area contributed by atoms with E-state index in [-0.39, 0.29) is 37.7 Å². The van der Waals surface area contributed by atoms with Gasteiger partial charge in [-0.15, -0.1) is 0 Å². The highest BCUT2D eigenvalue weighted by Gasteiger charge is 2.42. The summed E-state index contributed by atoms with van der Waals surface area (Å²) in [4.78, 5) is 69.1. The van der Waals surface area contributed by atoms with Gasteiger partial charge in [0, 0.05) is 32.7 Å². The maximum atomic E-state index is 12.1. The van der Waals surface area contributed by atoms with E-state index in [4.69, 9.17) is 5.11 Å². The van der Waals surface area contributed by atoms with E-state index < -0.39 is 36.2 Å². The van der Waals surface area contributed by atoms with Gasteiger partial charge in [-0.05, 0) is 6.42 Å². The Labute approximate surface area is 222 Å². The lowest BCUT2D eigenvalue weighted by molar-refractivity contribution is -0.970. The van der Waals surface area contributed by atoms with Crippen molar-refractivity contribution in [2.75, 3.05) is 72.0 Å². The van der Waals surface area contributed by atoms with Crippen LogP contribution < -0.4 is 31.9 Å². The number of hydrogen-bond donors (Lipinski definition) is 8. The van der Waals surface area contributed by atoms with Crippen molar-refractivity contribution < 1.29 is 43.5 Å². The molecule has 5 amide bonds. The molecule has 0 spiro atoms. The van der Waals surface area contributed by atoms with Gasteiger partial charge in [-0.1, -0.05) is 6.92 Å². The zero-order valence-electron chi connectivity index (χ0n) is 22.0. The quantitative estimate of drug-likeness (QED) is 0.0425. The van der Waals surface area contributed by atoms with Crippen molar-refractivity contribution in [1.82, 2.24) is 31.9 Å². The number of aliphatic hydroxyl groups excluding tert-OH is 1. The molecule has 0 aromatic rings.